The van der Waals surface area contributed by atoms with E-state index < -0.39 is 11.9 Å². The molecule has 0 saturated carbocycles. The molecule has 3 nitrogen and oxygen atoms in total. The van der Waals surface area contributed by atoms with Crippen LogP contribution in [0.1, 0.15) is 18.5 Å². The first-order chi connectivity index (χ1) is 8.48. The minimum absolute atomic E-state index is 0.203. The molecular formula is C12H16F3N3. The maximum Gasteiger partial charge on any atom is 0.433 e. The van der Waals surface area contributed by atoms with E-state index in [9.17, 15) is 13.2 Å². The van der Waals surface area contributed by atoms with Crippen LogP contribution in [0.25, 0.3) is 0 Å². The van der Waals surface area contributed by atoms with Gasteiger partial charge in [0.25, 0.3) is 0 Å². The van der Waals surface area contributed by atoms with Crippen LogP contribution in [-0.2, 0) is 6.18 Å². The van der Waals surface area contributed by atoms with Gasteiger partial charge in [0, 0.05) is 19.6 Å². The molecule has 0 aromatic carbocycles. The summed E-state index contributed by atoms with van der Waals surface area (Å²) in [5.41, 5.74) is -0.837. The van der Waals surface area contributed by atoms with Crippen molar-refractivity contribution < 1.29 is 13.2 Å². The Hall–Kier alpha value is -1.30. The Bertz CT molecular complexity index is 400. The van der Waals surface area contributed by atoms with Gasteiger partial charge in [-0.25, -0.2) is 4.98 Å². The number of nitrogens with zero attached hydrogens (tertiary/aromatic N) is 2. The van der Waals surface area contributed by atoms with Crippen molar-refractivity contribution in [3.63, 3.8) is 0 Å². The van der Waals surface area contributed by atoms with Crippen molar-refractivity contribution in [1.29, 1.82) is 0 Å². The maximum absolute atomic E-state index is 12.6. The summed E-state index contributed by atoms with van der Waals surface area (Å²) in [4.78, 5) is 5.51. The number of rotatable bonds is 2. The monoisotopic (exact) mass is 259 g/mol. The lowest BCUT2D eigenvalue weighted by Crippen LogP contribution is -2.44. The molecule has 18 heavy (non-hydrogen) atoms. The largest absolute Gasteiger partial charge is 0.433 e. The second-order valence-electron chi connectivity index (χ2n) is 4.49. The quantitative estimate of drug-likeness (QED) is 0.883. The van der Waals surface area contributed by atoms with Crippen LogP contribution in [0.2, 0.25) is 0 Å². The third-order valence-electron chi connectivity index (χ3n) is 3.20. The van der Waals surface area contributed by atoms with E-state index in [0.717, 1.165) is 32.0 Å². The van der Waals surface area contributed by atoms with Gasteiger partial charge in [0.05, 0.1) is 0 Å². The first kappa shape index (κ1) is 13.1. The molecule has 1 atom stereocenters. The fraction of sp³-hybridized carbons (Fsp3) is 0.583. The number of pyridine rings is 1. The molecule has 1 fully saturated rings. The number of hydrogen-bond donors (Lipinski definition) is 1. The molecule has 1 aromatic heterocycles. The predicted molar refractivity (Wildman–Crippen MR) is 63.5 cm³/mol. The van der Waals surface area contributed by atoms with E-state index in [1.54, 1.807) is 13.1 Å². The fourth-order valence-corrected chi connectivity index (χ4v) is 2.13. The van der Waals surface area contributed by atoms with Crippen LogP contribution in [-0.4, -0.2) is 31.2 Å². The summed E-state index contributed by atoms with van der Waals surface area (Å²) in [6.45, 7) is 1.76. The van der Waals surface area contributed by atoms with Crippen LogP contribution >= 0.6 is 0 Å². The average molecular weight is 259 g/mol. The van der Waals surface area contributed by atoms with Crippen molar-refractivity contribution in [2.24, 2.45) is 0 Å². The average Bonchev–Trinajstić information content (AvgIpc) is 2.38. The number of alkyl halides is 3. The first-order valence-corrected chi connectivity index (χ1v) is 5.96. The van der Waals surface area contributed by atoms with Crippen molar-refractivity contribution >= 4 is 5.82 Å². The number of piperidine rings is 1. The summed E-state index contributed by atoms with van der Waals surface area (Å²) in [6.07, 6.45) is -2.38. The summed E-state index contributed by atoms with van der Waals surface area (Å²) in [5, 5.41) is 3.24. The summed E-state index contributed by atoms with van der Waals surface area (Å²) in [7, 11) is 1.79. The van der Waals surface area contributed by atoms with Gasteiger partial charge in [-0.2, -0.15) is 13.2 Å². The van der Waals surface area contributed by atoms with E-state index in [2.05, 4.69) is 10.3 Å². The van der Waals surface area contributed by atoms with Crippen molar-refractivity contribution in [1.82, 2.24) is 10.3 Å². The summed E-state index contributed by atoms with van der Waals surface area (Å²) < 4.78 is 37.7. The van der Waals surface area contributed by atoms with E-state index in [-0.39, 0.29) is 6.04 Å². The SMILES string of the molecule is CN(c1cccc(C(F)(F)F)n1)C1CCCNC1. The van der Waals surface area contributed by atoms with Crippen LogP contribution in [0.3, 0.4) is 0 Å². The van der Waals surface area contributed by atoms with E-state index >= 15 is 0 Å². The highest BCUT2D eigenvalue weighted by atomic mass is 19.4. The molecule has 1 aliphatic rings. The van der Waals surface area contributed by atoms with Gasteiger partial charge in [-0.15, -0.1) is 0 Å². The van der Waals surface area contributed by atoms with Gasteiger partial charge in [-0.05, 0) is 31.5 Å². The smallest absolute Gasteiger partial charge is 0.355 e. The van der Waals surface area contributed by atoms with Gasteiger partial charge in [0.2, 0.25) is 0 Å². The zero-order valence-corrected chi connectivity index (χ0v) is 10.2. The maximum atomic E-state index is 12.6. The van der Waals surface area contributed by atoms with Crippen LogP contribution in [0, 0.1) is 0 Å². The van der Waals surface area contributed by atoms with Crippen molar-refractivity contribution in [3.8, 4) is 0 Å². The molecule has 1 saturated heterocycles. The van der Waals surface area contributed by atoms with Gasteiger partial charge >= 0.3 is 6.18 Å². The molecule has 1 N–H and O–H groups in total. The predicted octanol–water partition coefficient (Wildman–Crippen LogP) is 2.29. The van der Waals surface area contributed by atoms with Crippen molar-refractivity contribution in [2.75, 3.05) is 25.0 Å². The highest BCUT2D eigenvalue weighted by molar-refractivity contribution is 5.40. The Morgan fingerprint density at radius 2 is 2.17 bits per heavy atom. The molecule has 0 amide bonds. The summed E-state index contributed by atoms with van der Waals surface area (Å²) in [6, 6.07) is 4.22. The van der Waals surface area contributed by atoms with E-state index in [4.69, 9.17) is 0 Å². The minimum atomic E-state index is -4.39. The molecule has 2 rings (SSSR count). The molecule has 0 spiro atoms. The minimum Gasteiger partial charge on any atom is -0.355 e. The van der Waals surface area contributed by atoms with Gasteiger partial charge in [-0.1, -0.05) is 6.07 Å². The van der Waals surface area contributed by atoms with Crippen molar-refractivity contribution in [2.45, 2.75) is 25.1 Å². The highest BCUT2D eigenvalue weighted by Crippen LogP contribution is 2.29. The van der Waals surface area contributed by atoms with Gasteiger partial charge in [0.1, 0.15) is 11.5 Å². The van der Waals surface area contributed by atoms with Gasteiger partial charge in [-0.3, -0.25) is 0 Å². The molecule has 6 heteroatoms. The number of aromatic nitrogens is 1. The Balaban J connectivity index is 2.17. The Morgan fingerprint density at radius 1 is 1.39 bits per heavy atom. The second kappa shape index (κ2) is 5.14. The normalized spacial score (nSPS) is 20.8. The molecule has 2 heterocycles. The number of likely N-dealkylation sites (N-methyl/N-ethyl adjacent to an activating group) is 1. The van der Waals surface area contributed by atoms with Gasteiger partial charge < -0.3 is 10.2 Å². The molecule has 1 aliphatic heterocycles. The summed E-state index contributed by atoms with van der Waals surface area (Å²) >= 11 is 0. The lowest BCUT2D eigenvalue weighted by molar-refractivity contribution is -0.141. The molecule has 100 valence electrons. The van der Waals surface area contributed by atoms with E-state index in [0.29, 0.717) is 5.82 Å². The molecule has 1 unspecified atom stereocenters. The van der Waals surface area contributed by atoms with Gasteiger partial charge in [0.15, 0.2) is 0 Å². The topological polar surface area (TPSA) is 28.2 Å². The van der Waals surface area contributed by atoms with E-state index in [1.807, 2.05) is 4.90 Å². The molecule has 0 radical (unpaired) electrons. The third kappa shape index (κ3) is 2.93. The Kier molecular flexibility index (Phi) is 3.75. The van der Waals surface area contributed by atoms with Crippen LogP contribution in [0.4, 0.5) is 19.0 Å². The number of hydrogen-bond acceptors (Lipinski definition) is 3. The number of halogens is 3. The molecule has 0 aliphatic carbocycles. The van der Waals surface area contributed by atoms with E-state index in [1.165, 1.54) is 6.07 Å². The molecule has 1 aromatic rings. The number of anilines is 1. The summed E-state index contributed by atoms with van der Waals surface area (Å²) in [5.74, 6) is 0.374. The Morgan fingerprint density at radius 3 is 2.78 bits per heavy atom. The number of nitrogens with one attached hydrogen (secondary N) is 1. The molecule has 0 bridgehead atoms. The third-order valence-corrected chi connectivity index (χ3v) is 3.20. The highest BCUT2D eigenvalue weighted by Gasteiger charge is 2.33. The van der Waals surface area contributed by atoms with Crippen LogP contribution < -0.4 is 10.2 Å². The lowest BCUT2D eigenvalue weighted by atomic mass is 10.1. The standard InChI is InChI=1S/C12H16F3N3/c1-18(9-4-3-7-16-8-9)11-6-2-5-10(17-11)12(13,14)15/h2,5-6,9,16H,3-4,7-8H2,1H3. The zero-order valence-electron chi connectivity index (χ0n) is 10.2. The lowest BCUT2D eigenvalue weighted by Gasteiger charge is -2.32. The van der Waals surface area contributed by atoms with Crippen LogP contribution in [0.15, 0.2) is 18.2 Å². The fourth-order valence-electron chi connectivity index (χ4n) is 2.13. The van der Waals surface area contributed by atoms with Crippen LogP contribution in [0.5, 0.6) is 0 Å². The Labute approximate surface area is 104 Å². The van der Waals surface area contributed by atoms with Crippen molar-refractivity contribution in [3.05, 3.63) is 23.9 Å². The first-order valence-electron chi connectivity index (χ1n) is 5.96. The zero-order chi connectivity index (χ0) is 13.2. The molecular weight excluding hydrogens is 243 g/mol. The second-order valence-corrected chi connectivity index (χ2v) is 4.49.